The number of carbonyl (C=O) groups is 1. The molecular formula is C14H19NO. The summed E-state index contributed by atoms with van der Waals surface area (Å²) in [5.74, 6) is -0.0455. The minimum absolute atomic E-state index is 0.0450. The normalized spacial score (nSPS) is 12.8. The van der Waals surface area contributed by atoms with Crippen molar-refractivity contribution in [3.05, 3.63) is 47.0 Å². The summed E-state index contributed by atoms with van der Waals surface area (Å²) in [5, 5.41) is 2.94. The number of hydrogen-bond acceptors (Lipinski definition) is 1. The molecule has 1 rings (SSSR count). The molecular weight excluding hydrogens is 198 g/mol. The molecule has 0 radical (unpaired) electrons. The Morgan fingerprint density at radius 3 is 2.69 bits per heavy atom. The predicted molar refractivity (Wildman–Crippen MR) is 67.3 cm³/mol. The van der Waals surface area contributed by atoms with Gasteiger partial charge < -0.3 is 5.32 Å². The predicted octanol–water partition coefficient (Wildman–Crippen LogP) is 3.06. The maximum absolute atomic E-state index is 11.4. The molecule has 1 atom stereocenters. The third kappa shape index (κ3) is 3.23. The van der Waals surface area contributed by atoms with Gasteiger partial charge in [0.15, 0.2) is 0 Å². The minimum Gasteiger partial charge on any atom is -0.346 e. The number of amides is 1. The number of benzene rings is 1. The topological polar surface area (TPSA) is 29.1 Å². The molecule has 0 aliphatic carbocycles. The minimum atomic E-state index is -0.0455. The Labute approximate surface area is 97.4 Å². The summed E-state index contributed by atoms with van der Waals surface area (Å²) >= 11 is 0. The molecule has 1 amide bonds. The second-order valence-corrected chi connectivity index (χ2v) is 4.09. The lowest BCUT2D eigenvalue weighted by Gasteiger charge is -2.16. The fourth-order valence-electron chi connectivity index (χ4n) is 1.72. The molecule has 0 saturated heterocycles. The fraction of sp³-hybridized carbons (Fsp3) is 0.357. The lowest BCUT2D eigenvalue weighted by atomic mass is 10.00. The molecule has 0 saturated carbocycles. The Bertz CT molecular complexity index is 407. The van der Waals surface area contributed by atoms with Crippen LogP contribution in [0.15, 0.2) is 30.4 Å². The van der Waals surface area contributed by atoms with Crippen LogP contribution in [0, 0.1) is 13.8 Å². The first-order valence-electron chi connectivity index (χ1n) is 5.55. The average molecular weight is 217 g/mol. The number of rotatable bonds is 3. The highest BCUT2D eigenvalue weighted by molar-refractivity contribution is 5.87. The van der Waals surface area contributed by atoms with Crippen molar-refractivity contribution in [3.63, 3.8) is 0 Å². The number of allylic oxidation sites excluding steroid dienone is 1. The van der Waals surface area contributed by atoms with Crippen molar-refractivity contribution < 1.29 is 4.79 Å². The van der Waals surface area contributed by atoms with Gasteiger partial charge in [0.1, 0.15) is 0 Å². The van der Waals surface area contributed by atoms with Crippen LogP contribution in [0.1, 0.15) is 36.6 Å². The molecule has 1 unspecified atom stereocenters. The first-order chi connectivity index (χ1) is 7.54. The average Bonchev–Trinajstić information content (AvgIpc) is 2.21. The van der Waals surface area contributed by atoms with Crippen molar-refractivity contribution in [2.24, 2.45) is 0 Å². The summed E-state index contributed by atoms with van der Waals surface area (Å²) in [7, 11) is 0. The molecule has 2 heteroatoms. The van der Waals surface area contributed by atoms with Crippen LogP contribution in [-0.2, 0) is 4.79 Å². The first kappa shape index (κ1) is 12.5. The van der Waals surface area contributed by atoms with Crippen LogP contribution in [-0.4, -0.2) is 5.91 Å². The van der Waals surface area contributed by atoms with Crippen LogP contribution in [0.3, 0.4) is 0 Å². The lowest BCUT2D eigenvalue weighted by molar-refractivity contribution is -0.117. The summed E-state index contributed by atoms with van der Waals surface area (Å²) in [6.45, 7) is 7.96. The van der Waals surface area contributed by atoms with Crippen molar-refractivity contribution in [2.45, 2.75) is 33.7 Å². The van der Waals surface area contributed by atoms with Gasteiger partial charge in [-0.1, -0.05) is 29.8 Å². The van der Waals surface area contributed by atoms with E-state index >= 15 is 0 Å². The van der Waals surface area contributed by atoms with Crippen LogP contribution in [0.25, 0.3) is 0 Å². The smallest absolute Gasteiger partial charge is 0.244 e. The van der Waals surface area contributed by atoms with Crippen molar-refractivity contribution in [1.82, 2.24) is 5.32 Å². The Morgan fingerprint density at radius 1 is 1.38 bits per heavy atom. The third-order valence-electron chi connectivity index (χ3n) is 2.58. The highest BCUT2D eigenvalue weighted by Gasteiger charge is 2.09. The van der Waals surface area contributed by atoms with Gasteiger partial charge in [-0.25, -0.2) is 0 Å². The Hall–Kier alpha value is -1.57. The number of aryl methyl sites for hydroxylation is 2. The van der Waals surface area contributed by atoms with Gasteiger partial charge in [-0.3, -0.25) is 4.79 Å². The molecule has 2 nitrogen and oxygen atoms in total. The van der Waals surface area contributed by atoms with E-state index in [0.29, 0.717) is 0 Å². The van der Waals surface area contributed by atoms with Crippen molar-refractivity contribution in [1.29, 1.82) is 0 Å². The van der Waals surface area contributed by atoms with E-state index in [-0.39, 0.29) is 11.9 Å². The summed E-state index contributed by atoms with van der Waals surface area (Å²) in [5.41, 5.74) is 3.60. The summed E-state index contributed by atoms with van der Waals surface area (Å²) < 4.78 is 0. The van der Waals surface area contributed by atoms with Crippen LogP contribution in [0.5, 0.6) is 0 Å². The van der Waals surface area contributed by atoms with E-state index in [1.807, 2.05) is 13.8 Å². The van der Waals surface area contributed by atoms with Gasteiger partial charge in [0, 0.05) is 0 Å². The molecule has 1 aromatic carbocycles. The van der Waals surface area contributed by atoms with Gasteiger partial charge in [-0.15, -0.1) is 0 Å². The second kappa shape index (κ2) is 5.50. The Kier molecular flexibility index (Phi) is 4.29. The van der Waals surface area contributed by atoms with Gasteiger partial charge in [-0.05, 0) is 44.9 Å². The number of hydrogen-bond donors (Lipinski definition) is 1. The van der Waals surface area contributed by atoms with Crippen LogP contribution < -0.4 is 5.32 Å². The molecule has 1 aromatic rings. The van der Waals surface area contributed by atoms with Gasteiger partial charge in [-0.2, -0.15) is 0 Å². The Balaban J connectivity index is 2.83. The van der Waals surface area contributed by atoms with E-state index in [1.54, 1.807) is 12.2 Å². The maximum atomic E-state index is 11.4. The van der Waals surface area contributed by atoms with Gasteiger partial charge in [0.05, 0.1) is 6.04 Å². The van der Waals surface area contributed by atoms with Crippen molar-refractivity contribution in [3.8, 4) is 0 Å². The molecule has 0 heterocycles. The number of carbonyl (C=O) groups excluding carboxylic acids is 1. The molecule has 86 valence electrons. The maximum Gasteiger partial charge on any atom is 0.244 e. The quantitative estimate of drug-likeness (QED) is 0.775. The highest BCUT2D eigenvalue weighted by Crippen LogP contribution is 2.18. The van der Waals surface area contributed by atoms with Crippen LogP contribution in [0.4, 0.5) is 0 Å². The van der Waals surface area contributed by atoms with E-state index in [9.17, 15) is 4.79 Å². The largest absolute Gasteiger partial charge is 0.346 e. The zero-order valence-corrected chi connectivity index (χ0v) is 10.4. The Morgan fingerprint density at radius 2 is 2.06 bits per heavy atom. The first-order valence-corrected chi connectivity index (χ1v) is 5.55. The van der Waals surface area contributed by atoms with Crippen molar-refractivity contribution in [2.75, 3.05) is 0 Å². The van der Waals surface area contributed by atoms with E-state index < -0.39 is 0 Å². The van der Waals surface area contributed by atoms with E-state index in [4.69, 9.17) is 0 Å². The highest BCUT2D eigenvalue weighted by atomic mass is 16.1. The molecule has 0 aromatic heterocycles. The lowest BCUT2D eigenvalue weighted by Crippen LogP contribution is -2.25. The molecule has 0 aliphatic rings. The molecule has 0 spiro atoms. The standard InChI is InChI=1S/C14H19NO/c1-5-6-14(16)15-12(4)13-9-10(2)7-8-11(13)3/h5-9,12H,1-4H3,(H,15,16). The third-order valence-corrected chi connectivity index (χ3v) is 2.58. The van der Waals surface area contributed by atoms with Crippen LogP contribution in [0.2, 0.25) is 0 Å². The van der Waals surface area contributed by atoms with Gasteiger partial charge >= 0.3 is 0 Å². The van der Waals surface area contributed by atoms with Crippen molar-refractivity contribution >= 4 is 5.91 Å². The molecule has 0 fully saturated rings. The zero-order chi connectivity index (χ0) is 12.1. The fourth-order valence-corrected chi connectivity index (χ4v) is 1.72. The summed E-state index contributed by atoms with van der Waals surface area (Å²) in [6, 6.07) is 6.33. The molecule has 0 aliphatic heterocycles. The molecule has 0 bridgehead atoms. The molecule has 1 N–H and O–H groups in total. The summed E-state index contributed by atoms with van der Waals surface area (Å²) in [6.07, 6.45) is 3.28. The van der Waals surface area contributed by atoms with E-state index in [0.717, 1.165) is 0 Å². The molecule has 16 heavy (non-hydrogen) atoms. The monoisotopic (exact) mass is 217 g/mol. The second-order valence-electron chi connectivity index (χ2n) is 4.09. The van der Waals surface area contributed by atoms with Gasteiger partial charge in [0.25, 0.3) is 0 Å². The van der Waals surface area contributed by atoms with Crippen LogP contribution >= 0.6 is 0 Å². The SMILES string of the molecule is CC=CC(=O)NC(C)c1cc(C)ccc1C. The van der Waals surface area contributed by atoms with E-state index in [2.05, 4.69) is 37.4 Å². The summed E-state index contributed by atoms with van der Waals surface area (Å²) in [4.78, 5) is 11.4. The van der Waals surface area contributed by atoms with E-state index in [1.165, 1.54) is 16.7 Å². The van der Waals surface area contributed by atoms with Gasteiger partial charge in [0.2, 0.25) is 5.91 Å². The number of nitrogens with one attached hydrogen (secondary N) is 1. The zero-order valence-electron chi connectivity index (χ0n) is 10.4.